The smallest absolute Gasteiger partial charge is 0.293 e. The van der Waals surface area contributed by atoms with Crippen LogP contribution in [0.15, 0.2) is 41.5 Å². The van der Waals surface area contributed by atoms with Crippen LogP contribution in [-0.2, 0) is 13.1 Å². The third-order valence-corrected chi connectivity index (χ3v) is 3.77. The molecule has 0 radical (unpaired) electrons. The summed E-state index contributed by atoms with van der Waals surface area (Å²) in [6.07, 6.45) is 3.11. The summed E-state index contributed by atoms with van der Waals surface area (Å²) in [5, 5.41) is 0.829. The Bertz CT molecular complexity index is 911. The van der Waals surface area contributed by atoms with Gasteiger partial charge < -0.3 is 14.9 Å². The zero-order chi connectivity index (χ0) is 16.6. The van der Waals surface area contributed by atoms with Crippen LogP contribution in [0.4, 0.5) is 10.2 Å². The predicted octanol–water partition coefficient (Wildman–Crippen LogP) is 2.62. The molecular weight excluding hydrogens is 295 g/mol. The van der Waals surface area contributed by atoms with Crippen LogP contribution in [-0.4, -0.2) is 14.1 Å². The van der Waals surface area contributed by atoms with Crippen LogP contribution >= 0.6 is 0 Å². The zero-order valence-electron chi connectivity index (χ0n) is 13.2. The van der Waals surface area contributed by atoms with Gasteiger partial charge in [-0.2, -0.15) is 0 Å². The first-order valence-electron chi connectivity index (χ1n) is 7.54. The molecule has 0 aliphatic heterocycles. The molecule has 3 rings (SSSR count). The number of hydrogen-bond donors (Lipinski definition) is 1. The van der Waals surface area contributed by atoms with E-state index in [0.29, 0.717) is 12.5 Å². The van der Waals surface area contributed by atoms with Crippen molar-refractivity contribution in [3.63, 3.8) is 0 Å². The summed E-state index contributed by atoms with van der Waals surface area (Å²) in [5.41, 5.74) is 7.17. The van der Waals surface area contributed by atoms with Crippen molar-refractivity contribution in [2.24, 2.45) is 5.92 Å². The molecule has 2 N–H and O–H groups in total. The van der Waals surface area contributed by atoms with Crippen molar-refractivity contribution in [3.05, 3.63) is 58.5 Å². The molecule has 2 aromatic heterocycles. The van der Waals surface area contributed by atoms with E-state index in [2.05, 4.69) is 23.4 Å². The first-order chi connectivity index (χ1) is 11.0. The maximum atomic E-state index is 13.5. The SMILES string of the molecule is CC(C)Cn1c(Cn2ccnc(N)c2=O)cc2cc(F)ccc21. The van der Waals surface area contributed by atoms with E-state index >= 15 is 0 Å². The number of aromatic nitrogens is 3. The number of fused-ring (bicyclic) bond motifs is 1. The number of anilines is 1. The Kier molecular flexibility index (Phi) is 3.90. The average Bonchev–Trinajstić information content (AvgIpc) is 2.80. The van der Waals surface area contributed by atoms with Gasteiger partial charge in [-0.25, -0.2) is 9.37 Å². The van der Waals surface area contributed by atoms with Crippen molar-refractivity contribution < 1.29 is 4.39 Å². The zero-order valence-corrected chi connectivity index (χ0v) is 13.2. The summed E-state index contributed by atoms with van der Waals surface area (Å²) in [7, 11) is 0. The quantitative estimate of drug-likeness (QED) is 0.805. The van der Waals surface area contributed by atoms with Crippen LogP contribution < -0.4 is 11.3 Å². The van der Waals surface area contributed by atoms with Gasteiger partial charge in [0.2, 0.25) is 0 Å². The first kappa shape index (κ1) is 15.3. The highest BCUT2D eigenvalue weighted by Crippen LogP contribution is 2.23. The van der Waals surface area contributed by atoms with Crippen molar-refractivity contribution in [2.45, 2.75) is 26.9 Å². The molecule has 2 heterocycles. The standard InChI is InChI=1S/C17H19FN4O/c1-11(2)9-22-14(8-12-7-13(18)3-4-15(12)22)10-21-6-5-20-16(19)17(21)23/h3-8,11H,9-10H2,1-2H3,(H2,19,20). The molecule has 0 aliphatic rings. The van der Waals surface area contributed by atoms with Gasteiger partial charge in [0, 0.05) is 35.5 Å². The molecule has 23 heavy (non-hydrogen) atoms. The number of halogens is 1. The highest BCUT2D eigenvalue weighted by atomic mass is 19.1. The second kappa shape index (κ2) is 5.87. The van der Waals surface area contributed by atoms with E-state index in [9.17, 15) is 9.18 Å². The van der Waals surface area contributed by atoms with E-state index in [4.69, 9.17) is 5.73 Å². The normalized spacial score (nSPS) is 11.5. The van der Waals surface area contributed by atoms with E-state index in [1.54, 1.807) is 12.3 Å². The van der Waals surface area contributed by atoms with Gasteiger partial charge in [-0.3, -0.25) is 4.79 Å². The number of benzene rings is 1. The molecule has 0 aliphatic carbocycles. The fraction of sp³-hybridized carbons (Fsp3) is 0.294. The second-order valence-corrected chi connectivity index (χ2v) is 6.09. The van der Waals surface area contributed by atoms with Gasteiger partial charge in [-0.15, -0.1) is 0 Å². The van der Waals surface area contributed by atoms with Crippen molar-refractivity contribution >= 4 is 16.7 Å². The Hall–Kier alpha value is -2.63. The molecule has 0 spiro atoms. The Morgan fingerprint density at radius 1 is 1.30 bits per heavy atom. The fourth-order valence-electron chi connectivity index (χ4n) is 2.77. The summed E-state index contributed by atoms with van der Waals surface area (Å²) in [4.78, 5) is 15.9. The monoisotopic (exact) mass is 314 g/mol. The fourth-order valence-corrected chi connectivity index (χ4v) is 2.77. The van der Waals surface area contributed by atoms with E-state index in [1.165, 1.54) is 22.9 Å². The first-order valence-corrected chi connectivity index (χ1v) is 7.54. The lowest BCUT2D eigenvalue weighted by Gasteiger charge is -2.14. The molecule has 120 valence electrons. The molecule has 5 nitrogen and oxygen atoms in total. The summed E-state index contributed by atoms with van der Waals surface area (Å²) >= 11 is 0. The lowest BCUT2D eigenvalue weighted by Crippen LogP contribution is -2.25. The van der Waals surface area contributed by atoms with Gasteiger partial charge in [-0.1, -0.05) is 13.8 Å². The lowest BCUT2D eigenvalue weighted by atomic mass is 10.2. The third-order valence-electron chi connectivity index (χ3n) is 3.77. The maximum absolute atomic E-state index is 13.5. The second-order valence-electron chi connectivity index (χ2n) is 6.09. The molecule has 1 aromatic carbocycles. The molecule has 0 unspecified atom stereocenters. The third kappa shape index (κ3) is 2.97. The number of rotatable bonds is 4. The topological polar surface area (TPSA) is 65.8 Å². The van der Waals surface area contributed by atoms with Crippen molar-refractivity contribution in [1.29, 1.82) is 0 Å². The predicted molar refractivity (Wildman–Crippen MR) is 88.7 cm³/mol. The van der Waals surface area contributed by atoms with Crippen molar-refractivity contribution in [2.75, 3.05) is 5.73 Å². The number of hydrogen-bond acceptors (Lipinski definition) is 3. The Morgan fingerprint density at radius 3 is 2.83 bits per heavy atom. The molecular formula is C17H19FN4O. The van der Waals surface area contributed by atoms with Gasteiger partial charge in [0.05, 0.1) is 6.54 Å². The molecule has 0 atom stereocenters. The number of nitrogens with two attached hydrogens (primary N) is 1. The summed E-state index contributed by atoms with van der Waals surface area (Å²) in [6, 6.07) is 6.67. The Balaban J connectivity index is 2.12. The Morgan fingerprint density at radius 2 is 2.09 bits per heavy atom. The van der Waals surface area contributed by atoms with Crippen LogP contribution in [0.5, 0.6) is 0 Å². The van der Waals surface area contributed by atoms with E-state index in [-0.39, 0.29) is 17.2 Å². The van der Waals surface area contributed by atoms with Gasteiger partial charge >= 0.3 is 0 Å². The van der Waals surface area contributed by atoms with Gasteiger partial charge in [0.1, 0.15) is 5.82 Å². The van der Waals surface area contributed by atoms with Crippen LogP contribution in [0.1, 0.15) is 19.5 Å². The highest BCUT2D eigenvalue weighted by Gasteiger charge is 2.12. The van der Waals surface area contributed by atoms with Gasteiger partial charge in [-0.05, 0) is 30.2 Å². The van der Waals surface area contributed by atoms with Gasteiger partial charge in [0.25, 0.3) is 5.56 Å². The summed E-state index contributed by atoms with van der Waals surface area (Å²) in [5.74, 6) is 0.134. The van der Waals surface area contributed by atoms with E-state index in [1.807, 2.05) is 6.07 Å². The van der Waals surface area contributed by atoms with Crippen LogP contribution in [0.2, 0.25) is 0 Å². The molecule has 0 saturated carbocycles. The largest absolute Gasteiger partial charge is 0.379 e. The number of nitrogens with zero attached hydrogens (tertiary/aromatic N) is 3. The molecule has 3 aromatic rings. The van der Waals surface area contributed by atoms with E-state index < -0.39 is 0 Å². The van der Waals surface area contributed by atoms with E-state index in [0.717, 1.165) is 23.1 Å². The Labute approximate surface area is 133 Å². The molecule has 0 amide bonds. The van der Waals surface area contributed by atoms with Crippen molar-refractivity contribution in [1.82, 2.24) is 14.1 Å². The molecule has 0 bridgehead atoms. The highest BCUT2D eigenvalue weighted by molar-refractivity contribution is 5.81. The minimum Gasteiger partial charge on any atom is -0.379 e. The minimum absolute atomic E-state index is 0.0231. The van der Waals surface area contributed by atoms with Crippen LogP contribution in [0.3, 0.4) is 0 Å². The van der Waals surface area contributed by atoms with Crippen LogP contribution in [0.25, 0.3) is 10.9 Å². The minimum atomic E-state index is -0.319. The molecule has 0 saturated heterocycles. The van der Waals surface area contributed by atoms with Crippen LogP contribution in [0, 0.1) is 11.7 Å². The summed E-state index contributed by atoms with van der Waals surface area (Å²) in [6.45, 7) is 5.40. The average molecular weight is 314 g/mol. The molecule has 0 fully saturated rings. The van der Waals surface area contributed by atoms with Crippen molar-refractivity contribution in [3.8, 4) is 0 Å². The lowest BCUT2D eigenvalue weighted by molar-refractivity contribution is 0.514. The molecule has 6 heteroatoms. The number of nitrogen functional groups attached to an aromatic ring is 1. The summed E-state index contributed by atoms with van der Waals surface area (Å²) < 4.78 is 17.1. The van der Waals surface area contributed by atoms with Gasteiger partial charge in [0.15, 0.2) is 5.82 Å². The maximum Gasteiger partial charge on any atom is 0.293 e.